The van der Waals surface area contributed by atoms with E-state index >= 15 is 0 Å². The highest BCUT2D eigenvalue weighted by atomic mass is 35.5. The molecule has 0 atom stereocenters. The quantitative estimate of drug-likeness (QED) is 0.713. The number of amides is 1. The Balaban J connectivity index is 1.68. The van der Waals surface area contributed by atoms with Crippen LogP contribution >= 0.6 is 11.6 Å². The van der Waals surface area contributed by atoms with E-state index in [1.54, 1.807) is 25.1 Å². The molecule has 0 aliphatic heterocycles. The first-order valence-electron chi connectivity index (χ1n) is 9.08. The van der Waals surface area contributed by atoms with E-state index in [-0.39, 0.29) is 18.2 Å². The summed E-state index contributed by atoms with van der Waals surface area (Å²) in [6.45, 7) is 2.19. The summed E-state index contributed by atoms with van der Waals surface area (Å²) in [6, 6.07) is 3.80. The number of ether oxygens (including phenoxy) is 3. The third-order valence-corrected chi connectivity index (χ3v) is 5.21. The van der Waals surface area contributed by atoms with Crippen LogP contribution < -0.4 is 9.47 Å². The number of fused-ring (bicyclic) bond motifs is 1. The van der Waals surface area contributed by atoms with Crippen LogP contribution in [-0.2, 0) is 4.74 Å². The summed E-state index contributed by atoms with van der Waals surface area (Å²) in [5, 5.41) is 1.11. The predicted molar refractivity (Wildman–Crippen MR) is 103 cm³/mol. The largest absolute Gasteiger partial charge is 0.493 e. The Labute approximate surface area is 163 Å². The predicted octanol–water partition coefficient (Wildman–Crippen LogP) is 4.07. The molecule has 1 aromatic heterocycles. The van der Waals surface area contributed by atoms with E-state index in [0.717, 1.165) is 31.1 Å². The lowest BCUT2D eigenvalue weighted by molar-refractivity contribution is 0.0718. The summed E-state index contributed by atoms with van der Waals surface area (Å²) >= 11 is 6.18. The number of hydrogen-bond acceptors (Lipinski definition) is 6. The van der Waals surface area contributed by atoms with Crippen molar-refractivity contribution in [2.45, 2.75) is 44.8 Å². The van der Waals surface area contributed by atoms with Gasteiger partial charge in [0.1, 0.15) is 11.5 Å². The van der Waals surface area contributed by atoms with Crippen LogP contribution in [0.4, 0.5) is 4.79 Å². The molecule has 0 unspecified atom stereocenters. The first kappa shape index (κ1) is 19.5. The SMILES string of the molecule is CCOC(=O)N(C)[C@H]1CC[C@H](Oc2cc3c(Cl)ncnc3cc2OC)CC1. The molecular formula is C19H24ClN3O4. The zero-order valence-corrected chi connectivity index (χ0v) is 16.5. The van der Waals surface area contributed by atoms with E-state index in [0.29, 0.717) is 28.8 Å². The molecular weight excluding hydrogens is 370 g/mol. The van der Waals surface area contributed by atoms with Gasteiger partial charge in [-0.25, -0.2) is 14.8 Å². The van der Waals surface area contributed by atoms with Crippen LogP contribution in [0.2, 0.25) is 5.15 Å². The second-order valence-corrected chi connectivity index (χ2v) is 6.90. The molecule has 7 nitrogen and oxygen atoms in total. The van der Waals surface area contributed by atoms with Gasteiger partial charge in [0.2, 0.25) is 0 Å². The maximum absolute atomic E-state index is 11.9. The fraction of sp³-hybridized carbons (Fsp3) is 0.526. The van der Waals surface area contributed by atoms with Crippen molar-refractivity contribution in [3.63, 3.8) is 0 Å². The summed E-state index contributed by atoms with van der Waals surface area (Å²) in [4.78, 5) is 21.8. The molecule has 1 fully saturated rings. The van der Waals surface area contributed by atoms with Crippen molar-refractivity contribution in [2.75, 3.05) is 20.8 Å². The molecule has 0 N–H and O–H groups in total. The second-order valence-electron chi connectivity index (χ2n) is 6.54. The van der Waals surface area contributed by atoms with Crippen LogP contribution in [0.1, 0.15) is 32.6 Å². The number of benzene rings is 1. The van der Waals surface area contributed by atoms with Gasteiger partial charge in [0.05, 0.1) is 25.3 Å². The Kier molecular flexibility index (Phi) is 6.21. The zero-order valence-electron chi connectivity index (χ0n) is 15.8. The molecule has 3 rings (SSSR count). The van der Waals surface area contributed by atoms with Gasteiger partial charge in [-0.05, 0) is 38.7 Å². The topological polar surface area (TPSA) is 73.8 Å². The van der Waals surface area contributed by atoms with Gasteiger partial charge in [-0.1, -0.05) is 11.6 Å². The Morgan fingerprint density at radius 2 is 1.96 bits per heavy atom. The summed E-state index contributed by atoms with van der Waals surface area (Å²) in [7, 11) is 3.39. The van der Waals surface area contributed by atoms with Gasteiger partial charge in [-0.3, -0.25) is 0 Å². The van der Waals surface area contributed by atoms with Crippen molar-refractivity contribution in [3.05, 3.63) is 23.6 Å². The van der Waals surface area contributed by atoms with Crippen LogP contribution in [0, 0.1) is 0 Å². The minimum Gasteiger partial charge on any atom is -0.493 e. The highest BCUT2D eigenvalue weighted by molar-refractivity contribution is 6.34. The highest BCUT2D eigenvalue weighted by Gasteiger charge is 2.28. The average molecular weight is 394 g/mol. The van der Waals surface area contributed by atoms with E-state index < -0.39 is 0 Å². The second kappa shape index (κ2) is 8.61. The van der Waals surface area contributed by atoms with Gasteiger partial charge in [-0.2, -0.15) is 0 Å². The van der Waals surface area contributed by atoms with E-state index in [1.165, 1.54) is 6.33 Å². The molecule has 1 heterocycles. The van der Waals surface area contributed by atoms with Crippen LogP contribution in [0.25, 0.3) is 10.9 Å². The monoisotopic (exact) mass is 393 g/mol. The minimum atomic E-state index is -0.271. The molecule has 8 heteroatoms. The summed E-state index contributed by atoms with van der Waals surface area (Å²) in [5.41, 5.74) is 0.707. The maximum Gasteiger partial charge on any atom is 0.409 e. The van der Waals surface area contributed by atoms with E-state index in [4.69, 9.17) is 25.8 Å². The third-order valence-electron chi connectivity index (χ3n) is 4.91. The molecule has 1 aliphatic rings. The molecule has 1 amide bonds. The molecule has 27 heavy (non-hydrogen) atoms. The van der Waals surface area contributed by atoms with Gasteiger partial charge in [0, 0.05) is 24.5 Å². The molecule has 0 saturated heterocycles. The Morgan fingerprint density at radius 3 is 2.63 bits per heavy atom. The number of methoxy groups -OCH3 is 1. The first-order valence-corrected chi connectivity index (χ1v) is 9.45. The van der Waals surface area contributed by atoms with Crippen molar-refractivity contribution in [1.29, 1.82) is 0 Å². The van der Waals surface area contributed by atoms with Crippen molar-refractivity contribution in [2.24, 2.45) is 0 Å². The third kappa shape index (κ3) is 4.35. The number of halogens is 1. The van der Waals surface area contributed by atoms with Gasteiger partial charge in [-0.15, -0.1) is 0 Å². The normalized spacial score (nSPS) is 19.6. The number of rotatable bonds is 5. The van der Waals surface area contributed by atoms with Gasteiger partial charge in [0.15, 0.2) is 11.5 Å². The molecule has 2 aromatic rings. The van der Waals surface area contributed by atoms with Crippen molar-refractivity contribution < 1.29 is 19.0 Å². The Morgan fingerprint density at radius 1 is 1.22 bits per heavy atom. The molecule has 1 saturated carbocycles. The molecule has 0 spiro atoms. The fourth-order valence-corrected chi connectivity index (χ4v) is 3.58. The summed E-state index contributed by atoms with van der Waals surface area (Å²) in [5.74, 6) is 1.24. The van der Waals surface area contributed by atoms with E-state index in [2.05, 4.69) is 9.97 Å². The van der Waals surface area contributed by atoms with E-state index in [9.17, 15) is 4.79 Å². The summed E-state index contributed by atoms with van der Waals surface area (Å²) in [6.07, 6.45) is 4.61. The maximum atomic E-state index is 11.9. The lowest BCUT2D eigenvalue weighted by Crippen LogP contribution is -2.41. The Hall–Kier alpha value is -2.28. The highest BCUT2D eigenvalue weighted by Crippen LogP contribution is 2.36. The lowest BCUT2D eigenvalue weighted by atomic mass is 9.92. The molecule has 1 aromatic carbocycles. The van der Waals surface area contributed by atoms with Crippen LogP contribution in [0.3, 0.4) is 0 Å². The van der Waals surface area contributed by atoms with Gasteiger partial charge >= 0.3 is 6.09 Å². The molecule has 1 aliphatic carbocycles. The minimum absolute atomic E-state index is 0.0478. The summed E-state index contributed by atoms with van der Waals surface area (Å²) < 4.78 is 16.7. The zero-order chi connectivity index (χ0) is 19.4. The number of aromatic nitrogens is 2. The van der Waals surface area contributed by atoms with Crippen LogP contribution in [0.5, 0.6) is 11.5 Å². The van der Waals surface area contributed by atoms with Gasteiger partial charge < -0.3 is 19.1 Å². The van der Waals surface area contributed by atoms with Crippen LogP contribution in [-0.4, -0.2) is 53.9 Å². The van der Waals surface area contributed by atoms with Crippen molar-refractivity contribution in [3.8, 4) is 11.5 Å². The smallest absolute Gasteiger partial charge is 0.409 e. The number of nitrogens with zero attached hydrogens (tertiary/aromatic N) is 3. The number of carbonyl (C=O) groups excluding carboxylic acids is 1. The first-order chi connectivity index (χ1) is 13.0. The fourth-order valence-electron chi connectivity index (χ4n) is 3.39. The molecule has 0 radical (unpaired) electrons. The number of carbonyl (C=O) groups is 1. The van der Waals surface area contributed by atoms with Crippen LogP contribution in [0.15, 0.2) is 18.5 Å². The number of hydrogen-bond donors (Lipinski definition) is 0. The Bertz CT molecular complexity index is 809. The lowest BCUT2D eigenvalue weighted by Gasteiger charge is -2.34. The average Bonchev–Trinajstić information content (AvgIpc) is 2.68. The van der Waals surface area contributed by atoms with E-state index in [1.807, 2.05) is 13.0 Å². The van der Waals surface area contributed by atoms with Crippen molar-refractivity contribution in [1.82, 2.24) is 14.9 Å². The molecule has 0 bridgehead atoms. The van der Waals surface area contributed by atoms with Crippen molar-refractivity contribution >= 4 is 28.6 Å². The molecule has 146 valence electrons. The van der Waals surface area contributed by atoms with Gasteiger partial charge in [0.25, 0.3) is 0 Å². The standard InChI is InChI=1S/C19H24ClN3O4/c1-4-26-19(24)23(2)12-5-7-13(8-6-12)27-17-9-14-15(10-16(17)25-3)21-11-22-18(14)20/h9-13H,4-8H2,1-3H3/t12-,13-.